The smallest absolute Gasteiger partial charge is 0.252 e. The van der Waals surface area contributed by atoms with Crippen molar-refractivity contribution in [1.29, 1.82) is 0 Å². The van der Waals surface area contributed by atoms with E-state index >= 15 is 0 Å². The Morgan fingerprint density at radius 3 is 2.68 bits per heavy atom. The number of aromatic amines is 1. The van der Waals surface area contributed by atoms with Crippen molar-refractivity contribution in [1.82, 2.24) is 25.6 Å². The van der Waals surface area contributed by atoms with E-state index in [1.54, 1.807) is 7.11 Å². The minimum Gasteiger partial charge on any atom is -0.381 e. The number of alkyl halides is 2. The van der Waals surface area contributed by atoms with Crippen molar-refractivity contribution < 1.29 is 18.3 Å². The minimum absolute atomic E-state index is 0.199. The van der Waals surface area contributed by atoms with Crippen molar-refractivity contribution >= 4 is 0 Å². The molecule has 3 heterocycles. The number of aromatic nitrogens is 5. The Labute approximate surface area is 178 Å². The molecule has 31 heavy (non-hydrogen) atoms. The third-order valence-corrected chi connectivity index (χ3v) is 6.09. The van der Waals surface area contributed by atoms with Gasteiger partial charge in [-0.2, -0.15) is 5.21 Å². The number of hydrogen-bond acceptors (Lipinski definition) is 6. The molecule has 1 atom stereocenters. The quantitative estimate of drug-likeness (QED) is 0.668. The van der Waals surface area contributed by atoms with Crippen molar-refractivity contribution in [2.75, 3.05) is 20.3 Å². The highest BCUT2D eigenvalue weighted by molar-refractivity contribution is 5.86. The summed E-state index contributed by atoms with van der Waals surface area (Å²) in [7, 11) is 1.62. The average molecular weight is 427 g/mol. The van der Waals surface area contributed by atoms with Crippen LogP contribution >= 0.6 is 0 Å². The number of halogens is 2. The van der Waals surface area contributed by atoms with Crippen LogP contribution in [0.15, 0.2) is 30.3 Å². The fraction of sp³-hybridized carbons (Fsp3) is 0.455. The van der Waals surface area contributed by atoms with E-state index in [2.05, 4.69) is 20.6 Å². The third kappa shape index (κ3) is 3.51. The molecule has 1 aliphatic carbocycles. The fourth-order valence-electron chi connectivity index (χ4n) is 4.76. The number of hydrogen-bond donors (Lipinski definition) is 1. The molecule has 1 aromatic carbocycles. The van der Waals surface area contributed by atoms with E-state index < -0.39 is 11.5 Å². The summed E-state index contributed by atoms with van der Waals surface area (Å²) >= 11 is 0. The summed E-state index contributed by atoms with van der Waals surface area (Å²) in [5.74, 6) is -2.48. The molecule has 0 amide bonds. The fourth-order valence-corrected chi connectivity index (χ4v) is 4.76. The molecule has 3 aromatic rings. The molecular formula is C22H23F2N5O2. The van der Waals surface area contributed by atoms with E-state index in [0.717, 1.165) is 12.0 Å². The standard InChI is InChI=1S/C22H23F2N5O2/c1-30-13-21(9-5-11-31-21)19-18(20-26-28-29-27-20)17(14-6-3-2-4-7-14)15-12-22(23,24)10-8-16(15)25-19/h2-4,6-7H,5,8-13H2,1H3,(H,26,27,28,29)/t21-/m0/s1. The molecule has 1 aliphatic heterocycles. The molecule has 0 saturated carbocycles. The van der Waals surface area contributed by atoms with Crippen LogP contribution in [0.3, 0.4) is 0 Å². The molecule has 0 radical (unpaired) electrons. The van der Waals surface area contributed by atoms with Crippen LogP contribution in [0.25, 0.3) is 22.5 Å². The lowest BCUT2D eigenvalue weighted by atomic mass is 9.80. The van der Waals surface area contributed by atoms with Crippen LogP contribution in [0.5, 0.6) is 0 Å². The zero-order valence-corrected chi connectivity index (χ0v) is 17.2. The maximum atomic E-state index is 14.5. The highest BCUT2D eigenvalue weighted by Gasteiger charge is 2.45. The molecule has 0 spiro atoms. The van der Waals surface area contributed by atoms with Gasteiger partial charge in [-0.1, -0.05) is 30.3 Å². The first-order valence-electron chi connectivity index (χ1n) is 10.4. The van der Waals surface area contributed by atoms with Crippen molar-refractivity contribution in [3.05, 3.63) is 47.3 Å². The molecule has 1 saturated heterocycles. The van der Waals surface area contributed by atoms with Crippen LogP contribution in [0, 0.1) is 0 Å². The van der Waals surface area contributed by atoms with Crippen molar-refractivity contribution in [3.8, 4) is 22.5 Å². The molecule has 162 valence electrons. The molecule has 0 unspecified atom stereocenters. The maximum absolute atomic E-state index is 14.5. The topological polar surface area (TPSA) is 85.8 Å². The summed E-state index contributed by atoms with van der Waals surface area (Å²) in [5, 5.41) is 14.6. The van der Waals surface area contributed by atoms with E-state index in [4.69, 9.17) is 14.5 Å². The number of rotatable bonds is 5. The first kappa shape index (κ1) is 20.1. The Balaban J connectivity index is 1.86. The first-order chi connectivity index (χ1) is 15.0. The van der Waals surface area contributed by atoms with Crippen LogP contribution < -0.4 is 0 Å². The van der Waals surface area contributed by atoms with Crippen LogP contribution in [-0.2, 0) is 27.9 Å². The molecular weight excluding hydrogens is 404 g/mol. The number of aryl methyl sites for hydroxylation is 1. The summed E-state index contributed by atoms with van der Waals surface area (Å²) in [6.45, 7) is 0.876. The van der Waals surface area contributed by atoms with Gasteiger partial charge in [-0.15, -0.1) is 10.2 Å². The molecule has 2 aromatic heterocycles. The number of methoxy groups -OCH3 is 1. The monoisotopic (exact) mass is 427 g/mol. The summed E-state index contributed by atoms with van der Waals surface area (Å²) < 4.78 is 40.8. The number of pyridine rings is 1. The van der Waals surface area contributed by atoms with E-state index in [1.165, 1.54) is 0 Å². The lowest BCUT2D eigenvalue weighted by molar-refractivity contribution is -0.0588. The van der Waals surface area contributed by atoms with Gasteiger partial charge in [0.05, 0.1) is 17.9 Å². The number of nitrogens with zero attached hydrogens (tertiary/aromatic N) is 4. The summed E-state index contributed by atoms with van der Waals surface area (Å²) in [6.07, 6.45) is 1.17. The summed E-state index contributed by atoms with van der Waals surface area (Å²) in [6, 6.07) is 9.50. The van der Waals surface area contributed by atoms with Crippen LogP contribution in [0.1, 0.15) is 36.2 Å². The second kappa shape index (κ2) is 7.72. The van der Waals surface area contributed by atoms with Gasteiger partial charge in [0.25, 0.3) is 5.92 Å². The molecule has 0 bridgehead atoms. The zero-order valence-electron chi connectivity index (χ0n) is 17.2. The zero-order chi connectivity index (χ0) is 21.5. The number of H-pyrrole nitrogens is 1. The summed E-state index contributed by atoms with van der Waals surface area (Å²) in [4.78, 5) is 4.93. The van der Waals surface area contributed by atoms with Crippen LogP contribution in [0.4, 0.5) is 8.78 Å². The number of benzene rings is 1. The SMILES string of the molecule is COC[C@]1(c2nc3c(c(-c4ccccc4)c2-c2nn[nH]n2)CC(F)(F)CC3)CCCO1. The van der Waals surface area contributed by atoms with E-state index in [1.807, 2.05) is 30.3 Å². The molecule has 2 aliphatic rings. The van der Waals surface area contributed by atoms with Crippen molar-refractivity contribution in [3.63, 3.8) is 0 Å². The first-order valence-corrected chi connectivity index (χ1v) is 10.4. The largest absolute Gasteiger partial charge is 0.381 e. The maximum Gasteiger partial charge on any atom is 0.252 e. The van der Waals surface area contributed by atoms with Gasteiger partial charge in [0, 0.05) is 37.8 Å². The van der Waals surface area contributed by atoms with Crippen molar-refractivity contribution in [2.24, 2.45) is 0 Å². The number of fused-ring (bicyclic) bond motifs is 1. The van der Waals surface area contributed by atoms with Gasteiger partial charge in [-0.05, 0) is 35.6 Å². The number of ether oxygens (including phenoxy) is 2. The lowest BCUT2D eigenvalue weighted by Gasteiger charge is -2.33. The molecule has 7 nitrogen and oxygen atoms in total. The number of tetrazole rings is 1. The Morgan fingerprint density at radius 1 is 1.16 bits per heavy atom. The average Bonchev–Trinajstić information content (AvgIpc) is 3.46. The second-order valence-electron chi connectivity index (χ2n) is 8.15. The highest BCUT2D eigenvalue weighted by Crippen LogP contribution is 2.47. The van der Waals surface area contributed by atoms with Gasteiger partial charge >= 0.3 is 0 Å². The molecule has 5 rings (SSSR count). The Morgan fingerprint density at radius 2 is 2.00 bits per heavy atom. The number of nitrogens with one attached hydrogen (secondary N) is 1. The van der Waals surface area contributed by atoms with Crippen LogP contribution in [-0.4, -0.2) is 51.9 Å². The predicted molar refractivity (Wildman–Crippen MR) is 109 cm³/mol. The van der Waals surface area contributed by atoms with Gasteiger partial charge in [0.2, 0.25) is 5.82 Å². The summed E-state index contributed by atoms with van der Waals surface area (Å²) in [5.41, 5.74) is 3.13. The Bertz CT molecular complexity index is 1070. The minimum atomic E-state index is -2.79. The second-order valence-corrected chi connectivity index (χ2v) is 8.15. The van der Waals surface area contributed by atoms with Crippen LogP contribution in [0.2, 0.25) is 0 Å². The normalized spacial score (nSPS) is 22.4. The predicted octanol–water partition coefficient (Wildman–Crippen LogP) is 3.70. The lowest BCUT2D eigenvalue weighted by Crippen LogP contribution is -2.35. The van der Waals surface area contributed by atoms with Gasteiger partial charge in [0.15, 0.2) is 0 Å². The molecule has 9 heteroatoms. The Hall–Kier alpha value is -2.78. The van der Waals surface area contributed by atoms with Gasteiger partial charge in [0.1, 0.15) is 5.60 Å². The highest BCUT2D eigenvalue weighted by atomic mass is 19.3. The molecule has 1 N–H and O–H groups in total. The van der Waals surface area contributed by atoms with Gasteiger partial charge in [-0.25, -0.2) is 8.78 Å². The third-order valence-electron chi connectivity index (χ3n) is 6.09. The van der Waals surface area contributed by atoms with E-state index in [-0.39, 0.29) is 19.3 Å². The van der Waals surface area contributed by atoms with E-state index in [9.17, 15) is 8.78 Å². The van der Waals surface area contributed by atoms with Gasteiger partial charge < -0.3 is 9.47 Å². The Kier molecular flexibility index (Phi) is 5.02. The van der Waals surface area contributed by atoms with E-state index in [0.29, 0.717) is 53.5 Å². The molecule has 1 fully saturated rings. The van der Waals surface area contributed by atoms with Gasteiger partial charge in [-0.3, -0.25) is 4.98 Å². The van der Waals surface area contributed by atoms with Crippen molar-refractivity contribution in [2.45, 2.75) is 43.6 Å².